The summed E-state index contributed by atoms with van der Waals surface area (Å²) >= 11 is 0. The largest absolute Gasteiger partial charge is 0.480 e. The minimum Gasteiger partial charge on any atom is -0.480 e. The summed E-state index contributed by atoms with van der Waals surface area (Å²) in [6, 6.07) is 10.8. The van der Waals surface area contributed by atoms with Gasteiger partial charge in [0.05, 0.1) is 31.2 Å². The third kappa shape index (κ3) is 3.22. The minimum atomic E-state index is -0.421. The van der Waals surface area contributed by atoms with E-state index in [-0.39, 0.29) is 18.1 Å². The summed E-state index contributed by atoms with van der Waals surface area (Å²) < 4.78 is 24.9. The number of methoxy groups -OCH3 is 1. The summed E-state index contributed by atoms with van der Waals surface area (Å²) in [7, 11) is 1.51. The summed E-state index contributed by atoms with van der Waals surface area (Å²) in [6.07, 6.45) is 1.39. The molecule has 0 aliphatic rings. The van der Waals surface area contributed by atoms with Crippen molar-refractivity contribution in [3.63, 3.8) is 0 Å². The predicted molar refractivity (Wildman–Crippen MR) is 92.6 cm³/mol. The van der Waals surface area contributed by atoms with Gasteiger partial charge in [-0.15, -0.1) is 5.10 Å². The average Bonchev–Trinajstić information content (AvgIpc) is 3.34. The molecule has 3 heterocycles. The zero-order valence-electron chi connectivity index (χ0n) is 14.2. The first-order valence-electron chi connectivity index (χ1n) is 8.03. The topological polar surface area (TPSA) is 94.5 Å². The number of hydrogen-bond acceptors (Lipinski definition) is 6. The van der Waals surface area contributed by atoms with E-state index in [4.69, 9.17) is 9.26 Å². The highest BCUT2D eigenvalue weighted by Crippen LogP contribution is 2.25. The Labute approximate surface area is 152 Å². The van der Waals surface area contributed by atoms with Gasteiger partial charge >= 0.3 is 0 Å². The quantitative estimate of drug-likeness (QED) is 0.582. The number of nitrogens with one attached hydrogen (secondary N) is 1. The number of fused-ring (bicyclic) bond motifs is 1. The first kappa shape index (κ1) is 16.7. The molecule has 0 fully saturated rings. The lowest BCUT2D eigenvalue weighted by Crippen LogP contribution is -2.23. The summed E-state index contributed by atoms with van der Waals surface area (Å²) in [5, 5.41) is 10.6. The molecule has 9 heteroatoms. The summed E-state index contributed by atoms with van der Waals surface area (Å²) in [6.45, 7) is 0.119. The van der Waals surface area contributed by atoms with Crippen LogP contribution in [0.2, 0.25) is 0 Å². The van der Waals surface area contributed by atoms with Crippen molar-refractivity contribution < 1.29 is 18.4 Å². The maximum absolute atomic E-state index is 13.3. The first-order valence-corrected chi connectivity index (χ1v) is 8.03. The zero-order chi connectivity index (χ0) is 18.8. The van der Waals surface area contributed by atoms with E-state index < -0.39 is 5.91 Å². The van der Waals surface area contributed by atoms with Crippen LogP contribution >= 0.6 is 0 Å². The molecule has 136 valence electrons. The molecule has 0 unspecified atom stereocenters. The Balaban J connectivity index is 1.76. The molecule has 1 amide bonds. The smallest absolute Gasteiger partial charge is 0.290 e. The molecule has 8 nitrogen and oxygen atoms in total. The van der Waals surface area contributed by atoms with Gasteiger partial charge in [0.1, 0.15) is 5.82 Å². The van der Waals surface area contributed by atoms with Gasteiger partial charge in [0.15, 0.2) is 5.65 Å². The van der Waals surface area contributed by atoms with Crippen LogP contribution in [-0.4, -0.2) is 32.8 Å². The summed E-state index contributed by atoms with van der Waals surface area (Å²) in [4.78, 5) is 16.7. The molecular formula is C18H14FN5O3. The van der Waals surface area contributed by atoms with Gasteiger partial charge in [0, 0.05) is 17.7 Å². The fourth-order valence-electron chi connectivity index (χ4n) is 2.65. The lowest BCUT2D eigenvalue weighted by molar-refractivity contribution is 0.0913. The van der Waals surface area contributed by atoms with Crippen LogP contribution in [0.25, 0.3) is 16.9 Å². The Kier molecular flexibility index (Phi) is 4.25. The maximum Gasteiger partial charge on any atom is 0.290 e. The van der Waals surface area contributed by atoms with E-state index in [1.807, 2.05) is 0 Å². The number of benzene rings is 1. The van der Waals surface area contributed by atoms with Gasteiger partial charge in [-0.2, -0.15) is 0 Å². The van der Waals surface area contributed by atoms with Crippen molar-refractivity contribution in [2.45, 2.75) is 6.54 Å². The second-order valence-corrected chi connectivity index (χ2v) is 5.62. The molecule has 27 heavy (non-hydrogen) atoms. The van der Waals surface area contributed by atoms with Crippen LogP contribution in [0.4, 0.5) is 4.39 Å². The van der Waals surface area contributed by atoms with Gasteiger partial charge in [-0.25, -0.2) is 13.9 Å². The number of halogens is 1. The van der Waals surface area contributed by atoms with E-state index in [0.29, 0.717) is 28.5 Å². The molecule has 4 rings (SSSR count). The Morgan fingerprint density at radius 1 is 1.22 bits per heavy atom. The summed E-state index contributed by atoms with van der Waals surface area (Å²) in [5.41, 5.74) is 2.46. The zero-order valence-corrected chi connectivity index (χ0v) is 14.2. The second-order valence-electron chi connectivity index (χ2n) is 5.62. The minimum absolute atomic E-state index is 0.0951. The van der Waals surface area contributed by atoms with Crippen molar-refractivity contribution in [1.82, 2.24) is 25.1 Å². The number of amides is 1. The van der Waals surface area contributed by atoms with E-state index in [2.05, 4.69) is 20.6 Å². The van der Waals surface area contributed by atoms with Gasteiger partial charge in [0.25, 0.3) is 5.91 Å². The van der Waals surface area contributed by atoms with Crippen LogP contribution in [0.1, 0.15) is 16.2 Å². The number of carbonyl (C=O) groups excluding carboxylic acids is 1. The van der Waals surface area contributed by atoms with Crippen LogP contribution in [0, 0.1) is 5.82 Å². The van der Waals surface area contributed by atoms with E-state index in [1.165, 1.54) is 31.5 Å². The van der Waals surface area contributed by atoms with Crippen LogP contribution in [0.15, 0.2) is 53.2 Å². The van der Waals surface area contributed by atoms with Crippen molar-refractivity contribution in [2.75, 3.05) is 7.11 Å². The number of imidazole rings is 1. The molecule has 0 aliphatic carbocycles. The average molecular weight is 367 g/mol. The molecule has 1 N–H and O–H groups in total. The first-order chi connectivity index (χ1) is 13.2. The van der Waals surface area contributed by atoms with Crippen molar-refractivity contribution in [3.8, 4) is 17.1 Å². The molecule has 0 bridgehead atoms. The molecule has 0 radical (unpaired) electrons. The number of carbonyl (C=O) groups is 1. The third-order valence-electron chi connectivity index (χ3n) is 3.95. The van der Waals surface area contributed by atoms with E-state index >= 15 is 0 Å². The van der Waals surface area contributed by atoms with Crippen LogP contribution in [0.3, 0.4) is 0 Å². The molecule has 0 aliphatic heterocycles. The van der Waals surface area contributed by atoms with Crippen molar-refractivity contribution in [3.05, 3.63) is 65.9 Å². The predicted octanol–water partition coefficient (Wildman–Crippen LogP) is 2.46. The lowest BCUT2D eigenvalue weighted by Gasteiger charge is -2.07. The Hall–Kier alpha value is -3.75. The van der Waals surface area contributed by atoms with E-state index in [9.17, 15) is 9.18 Å². The molecule has 4 aromatic rings. The van der Waals surface area contributed by atoms with Crippen LogP contribution in [0.5, 0.6) is 5.88 Å². The normalized spacial score (nSPS) is 10.9. The number of hydrogen-bond donors (Lipinski definition) is 1. The highest BCUT2D eigenvalue weighted by molar-refractivity contribution is 5.91. The SMILES string of the molecule is COc1ccc2nc(-c3ccc(F)cc3)c(CNC(=O)c3ccno3)n2n1. The molecular weight excluding hydrogens is 353 g/mol. The van der Waals surface area contributed by atoms with Gasteiger partial charge in [0.2, 0.25) is 11.6 Å². The molecule has 0 spiro atoms. The Morgan fingerprint density at radius 2 is 2.04 bits per heavy atom. The van der Waals surface area contributed by atoms with Crippen molar-refractivity contribution >= 4 is 11.6 Å². The van der Waals surface area contributed by atoms with Crippen molar-refractivity contribution in [2.24, 2.45) is 0 Å². The van der Waals surface area contributed by atoms with E-state index in [1.54, 1.807) is 28.8 Å². The third-order valence-corrected chi connectivity index (χ3v) is 3.95. The molecule has 0 saturated heterocycles. The summed E-state index contributed by atoms with van der Waals surface area (Å²) in [5.74, 6) is -0.274. The Morgan fingerprint density at radius 3 is 2.74 bits per heavy atom. The fourth-order valence-corrected chi connectivity index (χ4v) is 2.65. The highest BCUT2D eigenvalue weighted by atomic mass is 19.1. The number of rotatable bonds is 5. The van der Waals surface area contributed by atoms with Gasteiger partial charge in [-0.05, 0) is 30.3 Å². The maximum atomic E-state index is 13.3. The fraction of sp³-hybridized carbons (Fsp3) is 0.111. The highest BCUT2D eigenvalue weighted by Gasteiger charge is 2.18. The molecule has 1 aromatic carbocycles. The lowest BCUT2D eigenvalue weighted by atomic mass is 10.1. The second kappa shape index (κ2) is 6.87. The van der Waals surface area contributed by atoms with Gasteiger partial charge in [-0.1, -0.05) is 5.16 Å². The van der Waals surface area contributed by atoms with Crippen LogP contribution in [-0.2, 0) is 6.54 Å². The molecule has 3 aromatic heterocycles. The monoisotopic (exact) mass is 367 g/mol. The molecule has 0 saturated carbocycles. The van der Waals surface area contributed by atoms with Gasteiger partial charge < -0.3 is 14.6 Å². The number of nitrogens with zero attached hydrogens (tertiary/aromatic N) is 4. The molecule has 0 atom stereocenters. The van der Waals surface area contributed by atoms with E-state index in [0.717, 1.165) is 0 Å². The number of aromatic nitrogens is 4. The van der Waals surface area contributed by atoms with Gasteiger partial charge in [-0.3, -0.25) is 4.79 Å². The van der Waals surface area contributed by atoms with Crippen LogP contribution < -0.4 is 10.1 Å². The Bertz CT molecular complexity index is 1090. The van der Waals surface area contributed by atoms with Crippen molar-refractivity contribution in [1.29, 1.82) is 0 Å². The number of ether oxygens (including phenoxy) is 1. The standard InChI is InChI=1S/C18H14FN5O3/c1-26-16-7-6-15-22-17(11-2-4-12(19)5-3-11)13(24(15)23-16)10-20-18(25)14-8-9-21-27-14/h2-9H,10H2,1H3,(H,20,25).